The second-order valence-corrected chi connectivity index (χ2v) is 8.94. The molecule has 31 heavy (non-hydrogen) atoms. The summed E-state index contributed by atoms with van der Waals surface area (Å²) in [5, 5.41) is 14.5. The molecule has 166 valence electrons. The van der Waals surface area contributed by atoms with E-state index in [9.17, 15) is 23.1 Å². The number of aromatic carboxylic acids is 1. The fraction of sp³-hybridized carbons (Fsp3) is 0.364. The van der Waals surface area contributed by atoms with Crippen LogP contribution < -0.4 is 15.3 Å². The zero-order chi connectivity index (χ0) is 22.6. The van der Waals surface area contributed by atoms with E-state index in [1.54, 1.807) is 0 Å². The predicted octanol–water partition coefficient (Wildman–Crippen LogP) is 4.03. The highest BCUT2D eigenvalue weighted by molar-refractivity contribution is 7.89. The molecule has 0 amide bonds. The van der Waals surface area contributed by atoms with Crippen molar-refractivity contribution >= 4 is 37.9 Å². The molecular weight excluding hydrogens is 422 g/mol. The lowest BCUT2D eigenvalue weighted by Gasteiger charge is -2.11. The van der Waals surface area contributed by atoms with Crippen LogP contribution in [0.25, 0.3) is 21.9 Å². The molecule has 8 nitrogen and oxygen atoms in total. The van der Waals surface area contributed by atoms with E-state index < -0.39 is 21.4 Å². The zero-order valence-corrected chi connectivity index (χ0v) is 18.0. The van der Waals surface area contributed by atoms with Crippen molar-refractivity contribution in [3.05, 3.63) is 46.1 Å². The van der Waals surface area contributed by atoms with Gasteiger partial charge in [-0.25, -0.2) is 18.4 Å². The Hall–Kier alpha value is -2.91. The standard InChI is InChI=1S/C22H25NO7S/c1-2-3-4-5-6-7-10-29-15-12-17-20(24)16-11-14(22(25)26)8-9-18(16)30-21(17)19(13-15)31(23,27)28/h8-9,11-13H,2-7,10H2,1H3,(H,25,26)(H2,23,27,28). The van der Waals surface area contributed by atoms with Gasteiger partial charge in [0, 0.05) is 6.07 Å². The molecule has 9 heteroatoms. The third-order valence-electron chi connectivity index (χ3n) is 5.03. The van der Waals surface area contributed by atoms with Gasteiger partial charge in [0.25, 0.3) is 0 Å². The number of carboxylic acid groups (broad SMARTS) is 1. The summed E-state index contributed by atoms with van der Waals surface area (Å²) in [5.74, 6) is -1.01. The first-order valence-electron chi connectivity index (χ1n) is 10.2. The first-order valence-corrected chi connectivity index (χ1v) is 11.7. The quantitative estimate of drug-likeness (QED) is 0.353. The minimum atomic E-state index is -4.21. The average Bonchev–Trinajstić information content (AvgIpc) is 2.72. The number of primary sulfonamides is 1. The van der Waals surface area contributed by atoms with Gasteiger partial charge in [0.1, 0.15) is 16.2 Å². The van der Waals surface area contributed by atoms with Gasteiger partial charge in [-0.15, -0.1) is 0 Å². The Morgan fingerprint density at radius 3 is 2.45 bits per heavy atom. The van der Waals surface area contributed by atoms with E-state index in [2.05, 4.69) is 6.92 Å². The maximum absolute atomic E-state index is 13.0. The zero-order valence-electron chi connectivity index (χ0n) is 17.2. The van der Waals surface area contributed by atoms with Gasteiger partial charge in [0.05, 0.1) is 22.9 Å². The van der Waals surface area contributed by atoms with E-state index in [4.69, 9.17) is 14.3 Å². The normalized spacial score (nSPS) is 11.8. The monoisotopic (exact) mass is 447 g/mol. The lowest BCUT2D eigenvalue weighted by atomic mass is 10.1. The van der Waals surface area contributed by atoms with Gasteiger partial charge < -0.3 is 14.3 Å². The molecule has 0 atom stereocenters. The number of benzene rings is 2. The number of carbonyl (C=O) groups is 1. The van der Waals surface area contributed by atoms with Crippen molar-refractivity contribution in [3.8, 4) is 5.75 Å². The highest BCUT2D eigenvalue weighted by Crippen LogP contribution is 2.29. The van der Waals surface area contributed by atoms with Crippen LogP contribution in [0.2, 0.25) is 0 Å². The number of unbranched alkanes of at least 4 members (excludes halogenated alkanes) is 5. The van der Waals surface area contributed by atoms with E-state index in [-0.39, 0.29) is 38.1 Å². The molecule has 0 unspecified atom stereocenters. The third-order valence-corrected chi connectivity index (χ3v) is 5.95. The maximum atomic E-state index is 13.0. The molecule has 1 aromatic heterocycles. The van der Waals surface area contributed by atoms with Gasteiger partial charge in [-0.1, -0.05) is 39.0 Å². The molecular formula is C22H25NO7S. The molecule has 0 fully saturated rings. The second kappa shape index (κ2) is 9.49. The number of rotatable bonds is 10. The molecule has 3 N–H and O–H groups in total. The summed E-state index contributed by atoms with van der Waals surface area (Å²) >= 11 is 0. The molecule has 0 spiro atoms. The van der Waals surface area contributed by atoms with Crippen LogP contribution in [0.15, 0.2) is 44.4 Å². The summed E-state index contributed by atoms with van der Waals surface area (Å²) in [5.41, 5.74) is -0.765. The Balaban J connectivity index is 2.01. The number of carboxylic acids is 1. The predicted molar refractivity (Wildman–Crippen MR) is 117 cm³/mol. The lowest BCUT2D eigenvalue weighted by molar-refractivity contribution is 0.0697. The van der Waals surface area contributed by atoms with Crippen LogP contribution in [0.1, 0.15) is 55.8 Å². The average molecular weight is 448 g/mol. The molecule has 3 rings (SSSR count). The van der Waals surface area contributed by atoms with Crippen LogP contribution in [0.3, 0.4) is 0 Å². The van der Waals surface area contributed by atoms with E-state index >= 15 is 0 Å². The molecule has 0 saturated heterocycles. The molecule has 1 heterocycles. The van der Waals surface area contributed by atoms with Crippen molar-refractivity contribution in [3.63, 3.8) is 0 Å². The molecule has 0 aliphatic rings. The number of nitrogens with two attached hydrogens (primary N) is 1. The fourth-order valence-corrected chi connectivity index (χ4v) is 4.09. The van der Waals surface area contributed by atoms with Gasteiger partial charge in [0.15, 0.2) is 5.58 Å². The third kappa shape index (κ3) is 5.23. The number of ether oxygens (including phenoxy) is 1. The van der Waals surface area contributed by atoms with Gasteiger partial charge >= 0.3 is 5.97 Å². The maximum Gasteiger partial charge on any atom is 0.335 e. The highest BCUT2D eigenvalue weighted by Gasteiger charge is 2.21. The molecule has 2 aromatic carbocycles. The second-order valence-electron chi connectivity index (χ2n) is 7.41. The summed E-state index contributed by atoms with van der Waals surface area (Å²) in [7, 11) is -4.21. The van der Waals surface area contributed by atoms with E-state index in [0.29, 0.717) is 6.61 Å². The SMILES string of the molecule is CCCCCCCCOc1cc(S(N)(=O)=O)c2oc3ccc(C(=O)O)cc3c(=O)c2c1. The van der Waals surface area contributed by atoms with Crippen molar-refractivity contribution in [2.75, 3.05) is 6.61 Å². The number of fused-ring (bicyclic) bond motifs is 2. The van der Waals surface area contributed by atoms with Crippen molar-refractivity contribution in [2.45, 2.75) is 50.3 Å². The first-order chi connectivity index (χ1) is 14.7. The first kappa shape index (κ1) is 22.8. The fourth-order valence-electron chi connectivity index (χ4n) is 3.40. The topological polar surface area (TPSA) is 137 Å². The molecule has 0 bridgehead atoms. The summed E-state index contributed by atoms with van der Waals surface area (Å²) < 4.78 is 35.6. The Morgan fingerprint density at radius 1 is 1.06 bits per heavy atom. The Labute approximate surface area is 179 Å². The molecule has 0 saturated carbocycles. The van der Waals surface area contributed by atoms with Crippen LogP contribution in [0.5, 0.6) is 5.75 Å². The van der Waals surface area contributed by atoms with Gasteiger partial charge in [-0.3, -0.25) is 4.79 Å². The van der Waals surface area contributed by atoms with Gasteiger partial charge in [0.2, 0.25) is 15.5 Å². The van der Waals surface area contributed by atoms with Crippen molar-refractivity contribution in [1.29, 1.82) is 0 Å². The van der Waals surface area contributed by atoms with Gasteiger partial charge in [-0.2, -0.15) is 0 Å². The number of hydrogen-bond donors (Lipinski definition) is 2. The van der Waals surface area contributed by atoms with Gasteiger partial charge in [-0.05, 0) is 30.7 Å². The van der Waals surface area contributed by atoms with Crippen LogP contribution in [0.4, 0.5) is 0 Å². The largest absolute Gasteiger partial charge is 0.494 e. The van der Waals surface area contributed by atoms with Crippen LogP contribution >= 0.6 is 0 Å². The van der Waals surface area contributed by atoms with Crippen molar-refractivity contribution in [2.24, 2.45) is 5.14 Å². The summed E-state index contributed by atoms with van der Waals surface area (Å²) in [4.78, 5) is 23.9. The van der Waals surface area contributed by atoms with Crippen LogP contribution in [-0.4, -0.2) is 26.1 Å². The summed E-state index contributed by atoms with van der Waals surface area (Å²) in [6, 6.07) is 6.43. The number of hydrogen-bond acceptors (Lipinski definition) is 6. The van der Waals surface area contributed by atoms with Crippen LogP contribution in [0, 0.1) is 0 Å². The van der Waals surface area contributed by atoms with E-state index in [1.165, 1.54) is 36.8 Å². The van der Waals surface area contributed by atoms with Crippen LogP contribution in [-0.2, 0) is 10.0 Å². The molecule has 3 aromatic rings. The Bertz CT molecular complexity index is 1280. The number of sulfonamides is 1. The van der Waals surface area contributed by atoms with E-state index in [1.807, 2.05) is 0 Å². The Kier molecular flexibility index (Phi) is 6.97. The molecule has 0 aliphatic heterocycles. The van der Waals surface area contributed by atoms with E-state index in [0.717, 1.165) is 32.1 Å². The summed E-state index contributed by atoms with van der Waals surface area (Å²) in [6.45, 7) is 2.51. The summed E-state index contributed by atoms with van der Waals surface area (Å²) in [6.07, 6.45) is 6.39. The van der Waals surface area contributed by atoms with Crippen molar-refractivity contribution < 1.29 is 27.5 Å². The highest BCUT2D eigenvalue weighted by atomic mass is 32.2. The minimum absolute atomic E-state index is 0.0286. The molecule has 0 radical (unpaired) electrons. The lowest BCUT2D eigenvalue weighted by Crippen LogP contribution is -2.15. The smallest absolute Gasteiger partial charge is 0.335 e. The van der Waals surface area contributed by atoms with Crippen molar-refractivity contribution in [1.82, 2.24) is 0 Å². The molecule has 0 aliphatic carbocycles. The Morgan fingerprint density at radius 2 is 1.77 bits per heavy atom. The minimum Gasteiger partial charge on any atom is -0.494 e.